The van der Waals surface area contributed by atoms with Gasteiger partial charge >= 0.3 is 0 Å². The Balaban J connectivity index is 2.21. The fourth-order valence-corrected chi connectivity index (χ4v) is 1.53. The molecule has 2 heteroatoms. The molecule has 0 aliphatic rings. The Hall–Kier alpha value is -1.54. The smallest absolute Gasteiger partial charge is 0.134 e. The lowest BCUT2D eigenvalue weighted by Gasteiger charge is -2.05. The molecule has 0 radical (unpaired) electrons. The molecule has 0 saturated heterocycles. The Morgan fingerprint density at radius 3 is 2.40 bits per heavy atom. The van der Waals surface area contributed by atoms with E-state index in [1.165, 1.54) is 0 Å². The molecule has 0 fully saturated rings. The molecule has 0 saturated carbocycles. The maximum atomic E-state index is 5.74. The lowest BCUT2D eigenvalue weighted by molar-refractivity contribution is 0.353. The van der Waals surface area contributed by atoms with Crippen LogP contribution >= 0.6 is 0 Å². The fourth-order valence-electron chi connectivity index (χ4n) is 1.53. The minimum atomic E-state index is 0.840. The van der Waals surface area contributed by atoms with Crippen LogP contribution in [0.15, 0.2) is 46.9 Å². The van der Waals surface area contributed by atoms with Gasteiger partial charge in [0.1, 0.15) is 11.5 Å². The zero-order valence-corrected chi connectivity index (χ0v) is 9.10. The van der Waals surface area contributed by atoms with Gasteiger partial charge in [0.25, 0.3) is 0 Å². The summed E-state index contributed by atoms with van der Waals surface area (Å²) in [5.41, 5.74) is 1.13. The van der Waals surface area contributed by atoms with Crippen molar-refractivity contribution >= 4 is 0 Å². The third-order valence-electron chi connectivity index (χ3n) is 2.19. The molecule has 2 rings (SSSR count). The van der Waals surface area contributed by atoms with E-state index in [2.05, 4.69) is 17.0 Å². The summed E-state index contributed by atoms with van der Waals surface area (Å²) in [6, 6.07) is 14.2. The number of benzene rings is 1. The number of hydrogen-bond acceptors (Lipinski definition) is 2. The van der Waals surface area contributed by atoms with Gasteiger partial charge in [-0.1, -0.05) is 30.3 Å². The predicted molar refractivity (Wildman–Crippen MR) is 61.5 cm³/mol. The van der Waals surface area contributed by atoms with Crippen LogP contribution in [0.1, 0.15) is 5.76 Å². The van der Waals surface area contributed by atoms with E-state index >= 15 is 0 Å². The van der Waals surface area contributed by atoms with E-state index in [4.69, 9.17) is 4.42 Å². The Bertz CT molecular complexity index is 417. The van der Waals surface area contributed by atoms with E-state index < -0.39 is 0 Å². The van der Waals surface area contributed by atoms with Crippen LogP contribution in [-0.4, -0.2) is 19.0 Å². The normalized spacial score (nSPS) is 10.9. The Kier molecular flexibility index (Phi) is 2.88. The Morgan fingerprint density at radius 1 is 1.00 bits per heavy atom. The summed E-state index contributed by atoms with van der Waals surface area (Å²) in [6.07, 6.45) is 0. The first-order valence-corrected chi connectivity index (χ1v) is 5.04. The lowest BCUT2D eigenvalue weighted by atomic mass is 10.2. The largest absolute Gasteiger partial charge is 0.460 e. The van der Waals surface area contributed by atoms with Gasteiger partial charge in [0.15, 0.2) is 0 Å². The van der Waals surface area contributed by atoms with Crippen molar-refractivity contribution in [1.29, 1.82) is 0 Å². The molecule has 1 aromatic carbocycles. The summed E-state index contributed by atoms with van der Waals surface area (Å²) in [6.45, 7) is 0.840. The zero-order valence-electron chi connectivity index (χ0n) is 9.10. The second-order valence-electron chi connectivity index (χ2n) is 3.87. The molecule has 0 atom stereocenters. The van der Waals surface area contributed by atoms with Gasteiger partial charge in [-0.25, -0.2) is 0 Å². The van der Waals surface area contributed by atoms with Crippen LogP contribution in [0, 0.1) is 0 Å². The van der Waals surface area contributed by atoms with Gasteiger partial charge in [0.05, 0.1) is 6.54 Å². The quantitative estimate of drug-likeness (QED) is 0.759. The number of hydrogen-bond donors (Lipinski definition) is 0. The molecule has 15 heavy (non-hydrogen) atoms. The van der Waals surface area contributed by atoms with Gasteiger partial charge in [-0.05, 0) is 26.2 Å². The first-order valence-electron chi connectivity index (χ1n) is 5.04. The van der Waals surface area contributed by atoms with Crippen molar-refractivity contribution in [2.24, 2.45) is 0 Å². The molecule has 2 aromatic rings. The molecule has 0 N–H and O–H groups in total. The molecule has 0 amide bonds. The van der Waals surface area contributed by atoms with E-state index in [9.17, 15) is 0 Å². The van der Waals surface area contributed by atoms with Crippen LogP contribution in [0.25, 0.3) is 11.3 Å². The molecular formula is C13H15NO. The molecule has 78 valence electrons. The molecule has 0 spiro atoms. The van der Waals surface area contributed by atoms with Gasteiger partial charge in [-0.2, -0.15) is 0 Å². The highest BCUT2D eigenvalue weighted by molar-refractivity contribution is 5.57. The zero-order chi connectivity index (χ0) is 10.7. The van der Waals surface area contributed by atoms with E-state index in [-0.39, 0.29) is 0 Å². The van der Waals surface area contributed by atoms with Gasteiger partial charge < -0.3 is 9.32 Å². The van der Waals surface area contributed by atoms with Crippen molar-refractivity contribution in [3.63, 3.8) is 0 Å². The average molecular weight is 201 g/mol. The summed E-state index contributed by atoms with van der Waals surface area (Å²) < 4.78 is 5.74. The summed E-state index contributed by atoms with van der Waals surface area (Å²) in [5, 5.41) is 0. The third-order valence-corrected chi connectivity index (χ3v) is 2.19. The van der Waals surface area contributed by atoms with Crippen molar-refractivity contribution in [3.05, 3.63) is 48.2 Å². The van der Waals surface area contributed by atoms with Crippen LogP contribution < -0.4 is 0 Å². The minimum absolute atomic E-state index is 0.840. The highest BCUT2D eigenvalue weighted by atomic mass is 16.3. The van der Waals surface area contributed by atoms with E-state index in [0.717, 1.165) is 23.6 Å². The lowest BCUT2D eigenvalue weighted by Crippen LogP contribution is -2.09. The maximum absolute atomic E-state index is 5.74. The van der Waals surface area contributed by atoms with Crippen LogP contribution in [0.4, 0.5) is 0 Å². The summed E-state index contributed by atoms with van der Waals surface area (Å²) in [7, 11) is 4.06. The first kappa shape index (κ1) is 9.99. The van der Waals surface area contributed by atoms with E-state index in [0.29, 0.717) is 0 Å². The maximum Gasteiger partial charge on any atom is 0.134 e. The molecule has 0 aliphatic heterocycles. The number of rotatable bonds is 3. The molecule has 2 nitrogen and oxygen atoms in total. The van der Waals surface area contributed by atoms with Gasteiger partial charge in [0.2, 0.25) is 0 Å². The van der Waals surface area contributed by atoms with Gasteiger partial charge in [0, 0.05) is 5.56 Å². The standard InChI is InChI=1S/C13H15NO/c1-14(2)10-12-8-9-13(15-12)11-6-4-3-5-7-11/h3-9H,10H2,1-2H3. The second-order valence-corrected chi connectivity index (χ2v) is 3.87. The highest BCUT2D eigenvalue weighted by Crippen LogP contribution is 2.21. The topological polar surface area (TPSA) is 16.4 Å². The Labute approximate surface area is 90.1 Å². The highest BCUT2D eigenvalue weighted by Gasteiger charge is 2.04. The second kappa shape index (κ2) is 4.32. The van der Waals surface area contributed by atoms with Crippen LogP contribution in [0.3, 0.4) is 0 Å². The minimum Gasteiger partial charge on any atom is -0.460 e. The summed E-state index contributed by atoms with van der Waals surface area (Å²) >= 11 is 0. The van der Waals surface area contributed by atoms with E-state index in [1.54, 1.807) is 0 Å². The molecule has 1 aromatic heterocycles. The molecule has 0 bridgehead atoms. The van der Waals surface area contributed by atoms with Gasteiger partial charge in [-0.15, -0.1) is 0 Å². The van der Waals surface area contributed by atoms with Crippen LogP contribution in [-0.2, 0) is 6.54 Å². The molecule has 0 aliphatic carbocycles. The van der Waals surface area contributed by atoms with Crippen LogP contribution in [0.2, 0.25) is 0 Å². The van der Waals surface area contributed by atoms with Crippen molar-refractivity contribution in [3.8, 4) is 11.3 Å². The fraction of sp³-hybridized carbons (Fsp3) is 0.231. The average Bonchev–Trinajstić information content (AvgIpc) is 2.67. The first-order chi connectivity index (χ1) is 7.25. The summed E-state index contributed by atoms with van der Waals surface area (Å²) in [4.78, 5) is 2.09. The Morgan fingerprint density at radius 2 is 1.73 bits per heavy atom. The molecule has 1 heterocycles. The SMILES string of the molecule is CN(C)Cc1ccc(-c2ccccc2)o1. The molecular weight excluding hydrogens is 186 g/mol. The van der Waals surface area contributed by atoms with Crippen molar-refractivity contribution < 1.29 is 4.42 Å². The van der Waals surface area contributed by atoms with Crippen LogP contribution in [0.5, 0.6) is 0 Å². The summed E-state index contributed by atoms with van der Waals surface area (Å²) in [5.74, 6) is 1.94. The number of nitrogens with zero attached hydrogens (tertiary/aromatic N) is 1. The number of furan rings is 1. The van der Waals surface area contributed by atoms with E-state index in [1.807, 2.05) is 44.4 Å². The van der Waals surface area contributed by atoms with Crippen molar-refractivity contribution in [2.45, 2.75) is 6.54 Å². The van der Waals surface area contributed by atoms with Crippen molar-refractivity contribution in [2.75, 3.05) is 14.1 Å². The monoisotopic (exact) mass is 201 g/mol. The predicted octanol–water partition coefficient (Wildman–Crippen LogP) is 3.01. The molecule has 0 unspecified atom stereocenters. The van der Waals surface area contributed by atoms with Crippen molar-refractivity contribution in [1.82, 2.24) is 4.90 Å². The third kappa shape index (κ3) is 2.48. The van der Waals surface area contributed by atoms with Gasteiger partial charge in [-0.3, -0.25) is 0 Å².